The van der Waals surface area contributed by atoms with Gasteiger partial charge in [0.25, 0.3) is 0 Å². The number of halogens is 1. The van der Waals surface area contributed by atoms with Crippen LogP contribution in [-0.4, -0.2) is 32.2 Å². The van der Waals surface area contributed by atoms with Crippen LogP contribution in [0, 0.1) is 24.6 Å². The second-order valence-corrected chi connectivity index (χ2v) is 10.7. The van der Waals surface area contributed by atoms with Crippen molar-refractivity contribution in [1.29, 1.82) is 0 Å². The molecule has 2 aromatic heterocycles. The minimum atomic E-state index is -3.32. The largest absolute Gasteiger partial charge is 0.383 e. The Morgan fingerprint density at radius 2 is 1.92 bits per heavy atom. The van der Waals surface area contributed by atoms with E-state index in [1.165, 1.54) is 17.4 Å². The smallest absolute Gasteiger partial charge is 0.323 e. The Kier molecular flexibility index (Phi) is 7.21. The number of carbonyl (C=O) groups excluding carboxylic acids is 1. The molecule has 0 bridgehead atoms. The Balaban J connectivity index is 1.53. The molecule has 0 saturated heterocycles. The fourth-order valence-corrected chi connectivity index (χ4v) is 4.82. The van der Waals surface area contributed by atoms with Crippen LogP contribution in [0.2, 0.25) is 0 Å². The van der Waals surface area contributed by atoms with E-state index in [0.29, 0.717) is 17.1 Å². The number of urea groups is 1. The summed E-state index contributed by atoms with van der Waals surface area (Å²) in [7, 11) is -3.32. The predicted octanol–water partition coefficient (Wildman–Crippen LogP) is 4.54. The number of nitrogen functional groups attached to an aromatic ring is 1. The van der Waals surface area contributed by atoms with Gasteiger partial charge in [0.1, 0.15) is 11.6 Å². The summed E-state index contributed by atoms with van der Waals surface area (Å²) < 4.78 is 39.5. The number of nitrogens with zero attached hydrogens (tertiary/aromatic N) is 1. The standard InChI is InChI=1S/C25H22FN5O3S2/c1-15-5-10-20(26)21(12-15)31-25(32)30-18-8-6-16(7-9-18)19-14-35-23-17(13-28-24(27)22(19)23)4-3-11-29-36(2,33)34/h5-10,12-14,29H,11H2,1-2H3,(H2,27,28)(H2,30,31,32). The average Bonchev–Trinajstić information content (AvgIpc) is 3.26. The molecule has 4 aromatic rings. The van der Waals surface area contributed by atoms with Crippen molar-refractivity contribution in [2.75, 3.05) is 29.2 Å². The number of anilines is 3. The van der Waals surface area contributed by atoms with Crippen LogP contribution in [0.1, 0.15) is 11.1 Å². The van der Waals surface area contributed by atoms with Crippen LogP contribution >= 0.6 is 11.3 Å². The van der Waals surface area contributed by atoms with Crippen LogP contribution in [0.15, 0.2) is 54.0 Å². The van der Waals surface area contributed by atoms with Crippen molar-refractivity contribution in [3.05, 3.63) is 71.0 Å². The van der Waals surface area contributed by atoms with Crippen molar-refractivity contribution >= 4 is 54.7 Å². The lowest BCUT2D eigenvalue weighted by molar-refractivity contribution is 0.262. The summed E-state index contributed by atoms with van der Waals surface area (Å²) in [6.07, 6.45) is 2.63. The molecule has 8 nitrogen and oxygen atoms in total. The lowest BCUT2D eigenvalue weighted by Crippen LogP contribution is -2.21. The summed E-state index contributed by atoms with van der Waals surface area (Å²) in [5.41, 5.74) is 9.98. The number of carbonyl (C=O) groups is 1. The zero-order chi connectivity index (χ0) is 25.9. The molecule has 11 heteroatoms. The number of fused-ring (bicyclic) bond motifs is 1. The molecule has 36 heavy (non-hydrogen) atoms. The number of sulfonamides is 1. The Morgan fingerprint density at radius 1 is 1.17 bits per heavy atom. The first-order chi connectivity index (χ1) is 17.1. The van der Waals surface area contributed by atoms with Gasteiger partial charge in [-0.3, -0.25) is 0 Å². The Morgan fingerprint density at radius 3 is 2.64 bits per heavy atom. The quantitative estimate of drug-likeness (QED) is 0.286. The average molecular weight is 524 g/mol. The third kappa shape index (κ3) is 5.98. The van der Waals surface area contributed by atoms with Crippen LogP contribution in [0.25, 0.3) is 21.2 Å². The summed E-state index contributed by atoms with van der Waals surface area (Å²) in [6.45, 7) is 1.80. The van der Waals surface area contributed by atoms with Gasteiger partial charge in [0.15, 0.2) is 0 Å². The fraction of sp³-hybridized carbons (Fsp3) is 0.120. The van der Waals surface area contributed by atoms with Crippen molar-refractivity contribution in [2.24, 2.45) is 0 Å². The van der Waals surface area contributed by atoms with Gasteiger partial charge in [0, 0.05) is 22.8 Å². The second-order valence-electron chi connectivity index (χ2n) is 7.95. The molecule has 5 N–H and O–H groups in total. The van der Waals surface area contributed by atoms with Gasteiger partial charge < -0.3 is 16.4 Å². The van der Waals surface area contributed by atoms with Gasteiger partial charge in [-0.2, -0.15) is 0 Å². The molecule has 4 rings (SSSR count). The van der Waals surface area contributed by atoms with Gasteiger partial charge in [-0.1, -0.05) is 30.0 Å². The van der Waals surface area contributed by atoms with Crippen LogP contribution in [0.3, 0.4) is 0 Å². The molecule has 0 saturated carbocycles. The van der Waals surface area contributed by atoms with Crippen molar-refractivity contribution in [3.8, 4) is 23.0 Å². The lowest BCUT2D eigenvalue weighted by atomic mass is 10.0. The van der Waals surface area contributed by atoms with Crippen LogP contribution in [0.5, 0.6) is 0 Å². The molecule has 2 aromatic carbocycles. The summed E-state index contributed by atoms with van der Waals surface area (Å²) in [5, 5.41) is 7.89. The van der Waals surface area contributed by atoms with E-state index in [2.05, 4.69) is 32.2 Å². The Labute approximate surface area is 211 Å². The number of aryl methyl sites for hydroxylation is 1. The maximum atomic E-state index is 13.9. The molecule has 0 fully saturated rings. The third-order valence-corrected chi connectivity index (χ3v) is 6.78. The van der Waals surface area contributed by atoms with Crippen LogP contribution in [-0.2, 0) is 10.0 Å². The van der Waals surface area contributed by atoms with Gasteiger partial charge in [-0.05, 0) is 47.7 Å². The summed E-state index contributed by atoms with van der Waals surface area (Å²) in [4.78, 5) is 16.6. The highest BCUT2D eigenvalue weighted by atomic mass is 32.2. The van der Waals surface area contributed by atoms with E-state index in [9.17, 15) is 17.6 Å². The maximum absolute atomic E-state index is 13.9. The van der Waals surface area contributed by atoms with Crippen molar-refractivity contribution in [3.63, 3.8) is 0 Å². The zero-order valence-electron chi connectivity index (χ0n) is 19.3. The number of pyridine rings is 1. The summed E-state index contributed by atoms with van der Waals surface area (Å²) >= 11 is 1.46. The van der Waals surface area contributed by atoms with Crippen molar-refractivity contribution in [1.82, 2.24) is 9.71 Å². The lowest BCUT2D eigenvalue weighted by Gasteiger charge is -2.10. The second kappa shape index (κ2) is 10.3. The molecule has 0 spiro atoms. The highest BCUT2D eigenvalue weighted by Gasteiger charge is 2.14. The summed E-state index contributed by atoms with van der Waals surface area (Å²) in [6, 6.07) is 11.0. The SMILES string of the molecule is Cc1ccc(F)c(NC(=O)Nc2ccc(-c3csc4c(C#CCNS(C)(=O)=O)cnc(N)c34)cc2)c1. The van der Waals surface area contributed by atoms with Gasteiger partial charge in [0.2, 0.25) is 10.0 Å². The first-order valence-electron chi connectivity index (χ1n) is 10.6. The van der Waals surface area contributed by atoms with Crippen molar-refractivity contribution in [2.45, 2.75) is 6.92 Å². The van der Waals surface area contributed by atoms with Gasteiger partial charge >= 0.3 is 6.03 Å². The predicted molar refractivity (Wildman–Crippen MR) is 143 cm³/mol. The van der Waals surface area contributed by atoms with E-state index in [4.69, 9.17) is 5.73 Å². The molecule has 0 unspecified atom stereocenters. The molecule has 2 heterocycles. The normalized spacial score (nSPS) is 11.1. The highest BCUT2D eigenvalue weighted by Crippen LogP contribution is 2.38. The molecule has 0 aliphatic heterocycles. The number of hydrogen-bond acceptors (Lipinski definition) is 6. The van der Waals surface area contributed by atoms with Gasteiger partial charge in [-0.25, -0.2) is 27.3 Å². The van der Waals surface area contributed by atoms with Gasteiger partial charge in [0.05, 0.1) is 28.8 Å². The van der Waals surface area contributed by atoms with E-state index in [1.807, 2.05) is 24.4 Å². The van der Waals surface area contributed by atoms with E-state index < -0.39 is 21.9 Å². The summed E-state index contributed by atoms with van der Waals surface area (Å²) in [5.74, 6) is 5.56. The number of amides is 2. The number of nitrogens with one attached hydrogen (secondary N) is 3. The zero-order valence-corrected chi connectivity index (χ0v) is 21.0. The number of benzene rings is 2. The topological polar surface area (TPSA) is 126 Å². The molecular weight excluding hydrogens is 501 g/mol. The van der Waals surface area contributed by atoms with E-state index in [0.717, 1.165) is 33.0 Å². The van der Waals surface area contributed by atoms with E-state index in [1.54, 1.807) is 30.5 Å². The molecule has 0 aliphatic carbocycles. The van der Waals surface area contributed by atoms with Crippen LogP contribution in [0.4, 0.5) is 26.4 Å². The molecule has 0 atom stereocenters. The number of hydrogen-bond donors (Lipinski definition) is 4. The monoisotopic (exact) mass is 523 g/mol. The maximum Gasteiger partial charge on any atom is 0.323 e. The molecular formula is C25H22FN5O3S2. The minimum Gasteiger partial charge on any atom is -0.383 e. The first-order valence-corrected chi connectivity index (χ1v) is 13.4. The number of aromatic nitrogens is 1. The van der Waals surface area contributed by atoms with Crippen LogP contribution < -0.4 is 21.1 Å². The fourth-order valence-electron chi connectivity index (χ4n) is 3.43. The Hall–Kier alpha value is -3.98. The third-order valence-electron chi connectivity index (χ3n) is 5.09. The number of nitrogens with two attached hydrogens (primary N) is 1. The molecule has 0 aliphatic rings. The van der Waals surface area contributed by atoms with Gasteiger partial charge in [-0.15, -0.1) is 11.3 Å². The van der Waals surface area contributed by atoms with E-state index >= 15 is 0 Å². The minimum absolute atomic E-state index is 0.0124. The molecule has 0 radical (unpaired) electrons. The number of thiophene rings is 1. The van der Waals surface area contributed by atoms with E-state index in [-0.39, 0.29) is 12.2 Å². The Bertz CT molecular complexity index is 1620. The molecule has 2 amide bonds. The number of rotatable bonds is 5. The highest BCUT2D eigenvalue weighted by molar-refractivity contribution is 7.88. The van der Waals surface area contributed by atoms with Crippen molar-refractivity contribution < 1.29 is 17.6 Å². The molecule has 184 valence electrons. The first kappa shape index (κ1) is 25.1.